The summed E-state index contributed by atoms with van der Waals surface area (Å²) in [5, 5.41) is 0. The van der Waals surface area contributed by atoms with Gasteiger partial charge in [0.05, 0.1) is 6.10 Å². The van der Waals surface area contributed by atoms with Crippen molar-refractivity contribution < 1.29 is 9.53 Å². The number of carbonyl (C=O) groups is 1. The van der Waals surface area contributed by atoms with E-state index >= 15 is 0 Å². The molecule has 0 radical (unpaired) electrons. The molecule has 0 aromatic carbocycles. The van der Waals surface area contributed by atoms with Gasteiger partial charge in [-0.05, 0) is 31.5 Å². The van der Waals surface area contributed by atoms with Crippen LogP contribution in [0.2, 0.25) is 0 Å². The van der Waals surface area contributed by atoms with E-state index in [2.05, 4.69) is 21.8 Å². The van der Waals surface area contributed by atoms with Crippen LogP contribution in [-0.2, 0) is 0 Å². The quantitative estimate of drug-likeness (QED) is 0.837. The van der Waals surface area contributed by atoms with Crippen molar-refractivity contribution in [2.24, 2.45) is 0 Å². The summed E-state index contributed by atoms with van der Waals surface area (Å²) in [6.07, 6.45) is 4.41. The van der Waals surface area contributed by atoms with Crippen LogP contribution in [0.15, 0.2) is 42.7 Å². The Morgan fingerprint density at radius 3 is 2.64 bits per heavy atom. The third-order valence-corrected chi connectivity index (χ3v) is 4.42. The normalized spacial score (nSPS) is 15.8. The average Bonchev–Trinajstić information content (AvgIpc) is 2.68. The summed E-state index contributed by atoms with van der Waals surface area (Å²) in [6, 6.07) is 9.37. The molecule has 3 heterocycles. The molecule has 6 heteroatoms. The molecular weight excluding hydrogens is 316 g/mol. The van der Waals surface area contributed by atoms with Gasteiger partial charge in [-0.1, -0.05) is 13.0 Å². The number of piperazine rings is 1. The highest BCUT2D eigenvalue weighted by atomic mass is 16.5. The summed E-state index contributed by atoms with van der Waals surface area (Å²) in [6.45, 7) is 6.97. The number of carbonyl (C=O) groups excluding carboxylic acids is 1. The van der Waals surface area contributed by atoms with E-state index in [9.17, 15) is 4.79 Å². The summed E-state index contributed by atoms with van der Waals surface area (Å²) in [5.41, 5.74) is 0.625. The van der Waals surface area contributed by atoms with Crippen LogP contribution in [0.3, 0.4) is 0 Å². The molecule has 25 heavy (non-hydrogen) atoms. The van der Waals surface area contributed by atoms with Gasteiger partial charge in [-0.15, -0.1) is 0 Å². The number of hydrogen-bond donors (Lipinski definition) is 0. The van der Waals surface area contributed by atoms with Crippen molar-refractivity contribution in [2.45, 2.75) is 26.4 Å². The second-order valence-electron chi connectivity index (χ2n) is 6.19. The first-order valence-corrected chi connectivity index (χ1v) is 8.75. The zero-order valence-corrected chi connectivity index (χ0v) is 14.8. The Bertz CT molecular complexity index is 700. The average molecular weight is 340 g/mol. The Morgan fingerprint density at radius 1 is 1.16 bits per heavy atom. The van der Waals surface area contributed by atoms with Crippen LogP contribution in [0.25, 0.3) is 0 Å². The number of aromatic nitrogens is 2. The van der Waals surface area contributed by atoms with E-state index in [1.54, 1.807) is 24.5 Å². The van der Waals surface area contributed by atoms with Crippen LogP contribution < -0.4 is 9.64 Å². The summed E-state index contributed by atoms with van der Waals surface area (Å²) in [5.74, 6) is 1.49. The van der Waals surface area contributed by atoms with Gasteiger partial charge in [0.2, 0.25) is 5.88 Å². The number of hydrogen-bond acceptors (Lipinski definition) is 5. The van der Waals surface area contributed by atoms with E-state index < -0.39 is 0 Å². The lowest BCUT2D eigenvalue weighted by molar-refractivity contribution is 0.0745. The van der Waals surface area contributed by atoms with Gasteiger partial charge < -0.3 is 14.5 Å². The van der Waals surface area contributed by atoms with Gasteiger partial charge in [0.15, 0.2) is 0 Å². The number of nitrogens with zero attached hydrogens (tertiary/aromatic N) is 4. The molecule has 1 atom stereocenters. The summed E-state index contributed by atoms with van der Waals surface area (Å²) < 4.78 is 5.72. The molecule has 6 nitrogen and oxygen atoms in total. The Morgan fingerprint density at radius 2 is 1.96 bits per heavy atom. The van der Waals surface area contributed by atoms with E-state index in [0.29, 0.717) is 24.5 Å². The lowest BCUT2D eigenvalue weighted by Gasteiger charge is -2.35. The summed E-state index contributed by atoms with van der Waals surface area (Å²) in [7, 11) is 0. The van der Waals surface area contributed by atoms with E-state index in [-0.39, 0.29) is 12.0 Å². The maximum absolute atomic E-state index is 12.8. The molecule has 2 aromatic heterocycles. The van der Waals surface area contributed by atoms with Crippen molar-refractivity contribution in [1.82, 2.24) is 14.9 Å². The molecule has 1 aliphatic rings. The highest BCUT2D eigenvalue weighted by molar-refractivity contribution is 5.94. The van der Waals surface area contributed by atoms with Crippen LogP contribution in [0.5, 0.6) is 5.88 Å². The largest absolute Gasteiger partial charge is 0.475 e. The van der Waals surface area contributed by atoms with Crippen LogP contribution in [-0.4, -0.2) is 53.1 Å². The second-order valence-corrected chi connectivity index (χ2v) is 6.19. The second kappa shape index (κ2) is 7.96. The number of pyridine rings is 2. The zero-order chi connectivity index (χ0) is 17.6. The van der Waals surface area contributed by atoms with E-state index in [1.807, 2.05) is 30.0 Å². The topological polar surface area (TPSA) is 58.6 Å². The van der Waals surface area contributed by atoms with Crippen LogP contribution >= 0.6 is 0 Å². The Balaban J connectivity index is 1.62. The van der Waals surface area contributed by atoms with Gasteiger partial charge >= 0.3 is 0 Å². The predicted octanol–water partition coefficient (Wildman–Crippen LogP) is 2.62. The summed E-state index contributed by atoms with van der Waals surface area (Å²) >= 11 is 0. The first kappa shape index (κ1) is 17.2. The first-order chi connectivity index (χ1) is 12.2. The molecule has 132 valence electrons. The third kappa shape index (κ3) is 4.26. The van der Waals surface area contributed by atoms with Gasteiger partial charge in [-0.25, -0.2) is 9.97 Å². The molecule has 0 unspecified atom stereocenters. The smallest absolute Gasteiger partial charge is 0.254 e. The minimum atomic E-state index is 0.0251. The predicted molar refractivity (Wildman–Crippen MR) is 97.0 cm³/mol. The molecule has 0 bridgehead atoms. The standard InChI is InChI=1S/C19H24N4O2/c1-3-15(2)25-18-14-16(7-9-21-18)19(24)23-12-10-22(11-13-23)17-6-4-5-8-20-17/h4-9,14-15H,3,10-13H2,1-2H3/t15-/m0/s1. The molecule has 1 saturated heterocycles. The monoisotopic (exact) mass is 340 g/mol. The number of anilines is 1. The molecule has 0 saturated carbocycles. The van der Waals surface area contributed by atoms with Gasteiger partial charge in [0, 0.05) is 50.2 Å². The van der Waals surface area contributed by atoms with Crippen molar-refractivity contribution in [3.63, 3.8) is 0 Å². The van der Waals surface area contributed by atoms with Crippen molar-refractivity contribution in [3.05, 3.63) is 48.3 Å². The summed E-state index contributed by atoms with van der Waals surface area (Å²) in [4.78, 5) is 25.4. The molecule has 0 spiro atoms. The van der Waals surface area contributed by atoms with Gasteiger partial charge in [-0.2, -0.15) is 0 Å². The molecule has 2 aromatic rings. The molecule has 1 fully saturated rings. The van der Waals surface area contributed by atoms with Crippen LogP contribution in [0.4, 0.5) is 5.82 Å². The molecule has 1 amide bonds. The molecule has 3 rings (SSSR count). The fraction of sp³-hybridized carbons (Fsp3) is 0.421. The lowest BCUT2D eigenvalue weighted by Crippen LogP contribution is -2.49. The minimum Gasteiger partial charge on any atom is -0.475 e. The highest BCUT2D eigenvalue weighted by Crippen LogP contribution is 2.17. The first-order valence-electron chi connectivity index (χ1n) is 8.75. The maximum Gasteiger partial charge on any atom is 0.254 e. The molecule has 0 aliphatic carbocycles. The van der Waals surface area contributed by atoms with Crippen molar-refractivity contribution >= 4 is 11.7 Å². The lowest BCUT2D eigenvalue weighted by atomic mass is 10.2. The van der Waals surface area contributed by atoms with Gasteiger partial charge in [-0.3, -0.25) is 4.79 Å². The highest BCUT2D eigenvalue weighted by Gasteiger charge is 2.23. The van der Waals surface area contributed by atoms with Crippen molar-refractivity contribution in [1.29, 1.82) is 0 Å². The third-order valence-electron chi connectivity index (χ3n) is 4.42. The zero-order valence-electron chi connectivity index (χ0n) is 14.8. The number of amides is 1. The van der Waals surface area contributed by atoms with Crippen LogP contribution in [0.1, 0.15) is 30.6 Å². The van der Waals surface area contributed by atoms with Gasteiger partial charge in [0.25, 0.3) is 5.91 Å². The van der Waals surface area contributed by atoms with E-state index in [4.69, 9.17) is 4.74 Å². The molecular formula is C19H24N4O2. The van der Waals surface area contributed by atoms with Gasteiger partial charge in [0.1, 0.15) is 5.82 Å². The Hall–Kier alpha value is -2.63. The minimum absolute atomic E-state index is 0.0251. The molecule has 1 aliphatic heterocycles. The number of rotatable bonds is 5. The Kier molecular flexibility index (Phi) is 5.48. The fourth-order valence-electron chi connectivity index (χ4n) is 2.76. The SMILES string of the molecule is CC[C@H](C)Oc1cc(C(=O)N2CCN(c3ccccn3)CC2)ccn1. The fourth-order valence-corrected chi connectivity index (χ4v) is 2.76. The van der Waals surface area contributed by atoms with Crippen molar-refractivity contribution in [2.75, 3.05) is 31.1 Å². The maximum atomic E-state index is 12.8. The molecule has 0 N–H and O–H groups in total. The Labute approximate surface area is 148 Å². The van der Waals surface area contributed by atoms with E-state index in [1.165, 1.54) is 0 Å². The van der Waals surface area contributed by atoms with Crippen LogP contribution in [0, 0.1) is 0 Å². The number of ether oxygens (including phenoxy) is 1. The van der Waals surface area contributed by atoms with E-state index in [0.717, 1.165) is 25.3 Å². The van der Waals surface area contributed by atoms with Crippen molar-refractivity contribution in [3.8, 4) is 5.88 Å².